The van der Waals surface area contributed by atoms with E-state index in [1.54, 1.807) is 0 Å². The fourth-order valence-electron chi connectivity index (χ4n) is 8.72. The summed E-state index contributed by atoms with van der Waals surface area (Å²) in [4.78, 5) is 0. The summed E-state index contributed by atoms with van der Waals surface area (Å²) in [5.41, 5.74) is 3.09. The number of fused-ring (bicyclic) bond motifs is 5. The fourth-order valence-corrected chi connectivity index (χ4v) is 8.72. The van der Waals surface area contributed by atoms with Crippen LogP contribution >= 0.6 is 0 Å². The van der Waals surface area contributed by atoms with Crippen LogP contribution in [0.2, 0.25) is 0 Å². The predicted molar refractivity (Wildman–Crippen MR) is 130 cm³/mol. The van der Waals surface area contributed by atoms with Crippen LogP contribution in [0.15, 0.2) is 11.6 Å². The van der Waals surface area contributed by atoms with Gasteiger partial charge in [-0.25, -0.2) is 8.42 Å². The molecule has 0 aromatic rings. The third kappa shape index (κ3) is 6.89. The van der Waals surface area contributed by atoms with Gasteiger partial charge in [-0.15, -0.1) is 0 Å². The average Bonchev–Trinajstić information content (AvgIpc) is 3.03. The minimum atomic E-state index is -4.92. The second-order valence-corrected chi connectivity index (χ2v) is 13.3. The Labute approximate surface area is 226 Å². The second-order valence-electron chi connectivity index (χ2n) is 12.4. The normalized spacial score (nSPS) is 38.6. The molecule has 0 aliphatic heterocycles. The standard InChI is InChI=1S/C27H46.Na.H2O4S/c1-19(2)9-8-10-20(3)23-14-15-24-22-13-12-21-11-6-7-17-26(21,4)25(22)16-18-27(23,24)5;;1-5(2,3)4/h12,19-20,22-25H,6-11,13-18H2,1-5H3;;(H2,1,2,3,4)/q;+1;/p-1/t20-,22?,23-,24?,25?,26+,27-;;/m1../s1. The largest absolute Gasteiger partial charge is 1.00 e. The van der Waals surface area contributed by atoms with Gasteiger partial charge in [-0.2, -0.15) is 0 Å². The summed E-state index contributed by atoms with van der Waals surface area (Å²) in [6, 6.07) is 0. The molecule has 0 radical (unpaired) electrons. The van der Waals surface area contributed by atoms with E-state index in [1.807, 2.05) is 5.57 Å². The average molecular weight is 491 g/mol. The molecule has 0 spiro atoms. The van der Waals surface area contributed by atoms with Gasteiger partial charge in [0.25, 0.3) is 0 Å². The number of allylic oxidation sites excluding steroid dienone is 2. The minimum Gasteiger partial charge on any atom is -0.726 e. The van der Waals surface area contributed by atoms with E-state index in [4.69, 9.17) is 17.5 Å². The fraction of sp³-hybridized carbons (Fsp3) is 0.926. The maximum Gasteiger partial charge on any atom is 1.00 e. The monoisotopic (exact) mass is 490 g/mol. The Hall–Kier alpha value is 0.610. The molecule has 0 bridgehead atoms. The predicted octanol–water partition coefficient (Wildman–Crippen LogP) is 4.43. The molecule has 4 rings (SSSR count). The van der Waals surface area contributed by atoms with Gasteiger partial charge < -0.3 is 4.55 Å². The van der Waals surface area contributed by atoms with E-state index in [2.05, 4.69) is 40.7 Å². The molecule has 186 valence electrons. The summed E-state index contributed by atoms with van der Waals surface area (Å²) >= 11 is 0. The molecule has 3 fully saturated rings. The van der Waals surface area contributed by atoms with Gasteiger partial charge in [-0.05, 0) is 97.7 Å². The van der Waals surface area contributed by atoms with Crippen molar-refractivity contribution in [3.8, 4) is 0 Å². The summed E-state index contributed by atoms with van der Waals surface area (Å²) in [6.45, 7) is 12.8. The molecule has 1 N–H and O–H groups in total. The van der Waals surface area contributed by atoms with Crippen molar-refractivity contribution in [2.24, 2.45) is 46.3 Å². The maximum absolute atomic E-state index is 8.63. The molecule has 0 saturated heterocycles. The molecule has 0 heterocycles. The van der Waals surface area contributed by atoms with E-state index in [0.29, 0.717) is 10.8 Å². The molecule has 3 saturated carbocycles. The third-order valence-electron chi connectivity index (χ3n) is 10.2. The van der Waals surface area contributed by atoms with Crippen LogP contribution in [-0.2, 0) is 10.4 Å². The second kappa shape index (κ2) is 11.8. The Bertz CT molecular complexity index is 771. The van der Waals surface area contributed by atoms with Gasteiger partial charge in [-0.1, -0.05) is 72.0 Å². The van der Waals surface area contributed by atoms with Crippen molar-refractivity contribution in [3.05, 3.63) is 11.6 Å². The first-order valence-corrected chi connectivity index (χ1v) is 14.6. The molecule has 4 aliphatic rings. The van der Waals surface area contributed by atoms with Gasteiger partial charge >= 0.3 is 29.6 Å². The molecule has 0 amide bonds. The van der Waals surface area contributed by atoms with Gasteiger partial charge in [0.1, 0.15) is 0 Å². The van der Waals surface area contributed by atoms with Gasteiger partial charge in [0.15, 0.2) is 0 Å². The zero-order valence-electron chi connectivity index (χ0n) is 22.1. The molecular weight excluding hydrogens is 443 g/mol. The van der Waals surface area contributed by atoms with Gasteiger partial charge in [0.2, 0.25) is 10.4 Å². The van der Waals surface area contributed by atoms with Crippen molar-refractivity contribution >= 4 is 10.4 Å². The molecule has 6 heteroatoms. The summed E-state index contributed by atoms with van der Waals surface area (Å²) in [5.74, 6) is 5.84. The molecular formula is C27H47NaO4S. The summed E-state index contributed by atoms with van der Waals surface area (Å²) in [6.07, 6.45) is 20.5. The third-order valence-corrected chi connectivity index (χ3v) is 10.2. The van der Waals surface area contributed by atoms with Crippen molar-refractivity contribution in [2.75, 3.05) is 0 Å². The summed E-state index contributed by atoms with van der Waals surface area (Å²) in [5, 5.41) is 0. The van der Waals surface area contributed by atoms with Crippen LogP contribution in [-0.4, -0.2) is 17.5 Å². The smallest absolute Gasteiger partial charge is 0.726 e. The molecule has 3 unspecified atom stereocenters. The van der Waals surface area contributed by atoms with Crippen molar-refractivity contribution in [1.29, 1.82) is 0 Å². The van der Waals surface area contributed by atoms with Crippen molar-refractivity contribution in [3.63, 3.8) is 0 Å². The quantitative estimate of drug-likeness (QED) is 0.268. The SMILES string of the molecule is CC(C)CCC[C@@H](C)[C@H]1CCC2C3CC=C4CCCC[C@]4(C)C3CC[C@@]21C.O=S(=O)([O-])O.[Na+]. The topological polar surface area (TPSA) is 77.4 Å². The van der Waals surface area contributed by atoms with Crippen molar-refractivity contribution in [1.82, 2.24) is 0 Å². The Morgan fingerprint density at radius 2 is 1.73 bits per heavy atom. The van der Waals surface area contributed by atoms with E-state index < -0.39 is 10.4 Å². The van der Waals surface area contributed by atoms with Crippen LogP contribution in [0, 0.1) is 46.3 Å². The van der Waals surface area contributed by atoms with Gasteiger partial charge in [-0.3, -0.25) is 4.55 Å². The molecule has 33 heavy (non-hydrogen) atoms. The first-order valence-electron chi connectivity index (χ1n) is 13.2. The zero-order chi connectivity index (χ0) is 23.7. The maximum atomic E-state index is 8.63. The molecule has 0 aromatic heterocycles. The van der Waals surface area contributed by atoms with Crippen LogP contribution in [0.25, 0.3) is 0 Å². The first-order chi connectivity index (χ1) is 14.9. The summed E-state index contributed by atoms with van der Waals surface area (Å²) in [7, 11) is -4.92. The van der Waals surface area contributed by atoms with Crippen LogP contribution in [0.4, 0.5) is 0 Å². The van der Waals surface area contributed by atoms with E-state index >= 15 is 0 Å². The minimum absolute atomic E-state index is 0. The Morgan fingerprint density at radius 3 is 2.36 bits per heavy atom. The van der Waals surface area contributed by atoms with Crippen LogP contribution < -0.4 is 29.6 Å². The van der Waals surface area contributed by atoms with Crippen LogP contribution in [0.1, 0.15) is 112 Å². The van der Waals surface area contributed by atoms with E-state index in [-0.39, 0.29) is 29.6 Å². The Kier molecular flexibility index (Phi) is 10.6. The van der Waals surface area contributed by atoms with E-state index in [9.17, 15) is 0 Å². The van der Waals surface area contributed by atoms with E-state index in [1.165, 1.54) is 77.0 Å². The summed E-state index contributed by atoms with van der Waals surface area (Å²) < 4.78 is 32.8. The van der Waals surface area contributed by atoms with Crippen molar-refractivity contribution in [2.45, 2.75) is 112 Å². The van der Waals surface area contributed by atoms with Gasteiger partial charge in [0.05, 0.1) is 0 Å². The molecule has 4 nitrogen and oxygen atoms in total. The Balaban J connectivity index is 0.000000583. The Morgan fingerprint density at radius 1 is 1.06 bits per heavy atom. The molecule has 7 atom stereocenters. The number of rotatable bonds is 5. The number of hydrogen-bond acceptors (Lipinski definition) is 3. The molecule has 4 aliphatic carbocycles. The zero-order valence-corrected chi connectivity index (χ0v) is 24.9. The van der Waals surface area contributed by atoms with E-state index in [0.717, 1.165) is 35.5 Å². The van der Waals surface area contributed by atoms with Gasteiger partial charge in [0, 0.05) is 0 Å². The number of hydrogen-bond donors (Lipinski definition) is 1. The first kappa shape index (κ1) is 29.8. The molecule has 0 aromatic carbocycles. The van der Waals surface area contributed by atoms with Crippen LogP contribution in [0.3, 0.4) is 0 Å². The van der Waals surface area contributed by atoms with Crippen LogP contribution in [0.5, 0.6) is 0 Å². The van der Waals surface area contributed by atoms with Crippen molar-refractivity contribution < 1.29 is 47.1 Å².